The molecule has 1 unspecified atom stereocenters. The molecule has 10 heavy (non-hydrogen) atoms. The Kier molecular flexibility index (Phi) is 5.15. The number of hydrogen-bond acceptors (Lipinski definition) is 3. The smallest absolute Gasteiger partial charge is 0.305 e. The van der Waals surface area contributed by atoms with Gasteiger partial charge in [-0.3, -0.25) is 4.79 Å². The molecule has 60 valence electrons. The molecule has 0 saturated carbocycles. The molecule has 1 atom stereocenters. The molecular weight excluding hydrogens is 156 g/mol. The first-order valence-corrected chi connectivity index (χ1v) is 4.17. The van der Waals surface area contributed by atoms with Crippen molar-refractivity contribution in [1.82, 2.24) is 0 Å². The fourth-order valence-corrected chi connectivity index (χ4v) is 0.555. The highest BCUT2D eigenvalue weighted by atomic mass is 32.2. The van der Waals surface area contributed by atoms with Crippen LogP contribution in [0.3, 0.4) is 0 Å². The van der Waals surface area contributed by atoms with Crippen molar-refractivity contribution in [2.45, 2.75) is 13.3 Å². The molecule has 0 fully saturated rings. The van der Waals surface area contributed by atoms with E-state index in [0.717, 1.165) is 0 Å². The Hall–Kier alpha value is -0.420. The van der Waals surface area contributed by atoms with Crippen LogP contribution in [-0.4, -0.2) is 27.1 Å². The van der Waals surface area contributed by atoms with Gasteiger partial charge in [-0.25, -0.2) is 4.21 Å². The Labute approximate surface area is 61.9 Å². The van der Waals surface area contributed by atoms with E-state index in [1.54, 1.807) is 6.92 Å². The second-order valence-corrected chi connectivity index (χ2v) is 2.65. The van der Waals surface area contributed by atoms with E-state index in [-0.39, 0.29) is 18.3 Å². The van der Waals surface area contributed by atoms with Gasteiger partial charge in [-0.15, -0.1) is 0 Å². The summed E-state index contributed by atoms with van der Waals surface area (Å²) in [6.45, 7) is 1.69. The Morgan fingerprint density at radius 2 is 2.30 bits per heavy atom. The monoisotopic (exact) mass is 166 g/mol. The molecule has 0 bridgehead atoms. The van der Waals surface area contributed by atoms with Gasteiger partial charge >= 0.3 is 5.97 Å². The number of hydrogen-bond donors (Lipinski definition) is 1. The van der Waals surface area contributed by atoms with Crippen LogP contribution in [0.2, 0.25) is 0 Å². The second kappa shape index (κ2) is 5.37. The highest BCUT2D eigenvalue weighted by Gasteiger charge is 1.98. The van der Waals surface area contributed by atoms with E-state index in [9.17, 15) is 9.00 Å². The molecule has 0 aromatic rings. The minimum Gasteiger partial charge on any atom is -0.465 e. The summed E-state index contributed by atoms with van der Waals surface area (Å²) < 4.78 is 22.7. The lowest BCUT2D eigenvalue weighted by Gasteiger charge is -1.98. The molecule has 0 aliphatic rings. The molecule has 0 amide bonds. The third-order valence-corrected chi connectivity index (χ3v) is 1.33. The van der Waals surface area contributed by atoms with Crippen molar-refractivity contribution in [3.8, 4) is 0 Å². The highest BCUT2D eigenvalue weighted by molar-refractivity contribution is 7.79. The van der Waals surface area contributed by atoms with Crippen LogP contribution in [0, 0.1) is 0 Å². The summed E-state index contributed by atoms with van der Waals surface area (Å²) in [5.74, 6) is -0.350. The third kappa shape index (κ3) is 5.71. The van der Waals surface area contributed by atoms with E-state index in [0.29, 0.717) is 6.42 Å². The Balaban J connectivity index is 3.20. The Bertz CT molecular complexity index is 134. The van der Waals surface area contributed by atoms with Crippen molar-refractivity contribution in [2.24, 2.45) is 0 Å². The second-order valence-electron chi connectivity index (χ2n) is 1.60. The summed E-state index contributed by atoms with van der Waals surface area (Å²) in [6, 6.07) is 0. The standard InChI is InChI=1S/C5H10O4S/c1-2-5(6)9-3-4-10(7)8/h2-4H2,1H3,(H,7,8). The van der Waals surface area contributed by atoms with E-state index in [4.69, 9.17) is 4.55 Å². The minimum atomic E-state index is -1.86. The summed E-state index contributed by atoms with van der Waals surface area (Å²) in [4.78, 5) is 10.4. The molecule has 0 aliphatic heterocycles. The van der Waals surface area contributed by atoms with Gasteiger partial charge in [0.2, 0.25) is 0 Å². The fourth-order valence-electron chi connectivity index (χ4n) is 0.329. The number of rotatable bonds is 4. The summed E-state index contributed by atoms with van der Waals surface area (Å²) in [6.07, 6.45) is 0.304. The van der Waals surface area contributed by atoms with Crippen LogP contribution in [0.5, 0.6) is 0 Å². The largest absolute Gasteiger partial charge is 0.465 e. The zero-order chi connectivity index (χ0) is 7.98. The van der Waals surface area contributed by atoms with Crippen molar-refractivity contribution in [3.05, 3.63) is 0 Å². The van der Waals surface area contributed by atoms with Gasteiger partial charge in [-0.05, 0) is 0 Å². The van der Waals surface area contributed by atoms with Gasteiger partial charge in [0.25, 0.3) is 0 Å². The van der Waals surface area contributed by atoms with Crippen LogP contribution >= 0.6 is 0 Å². The van der Waals surface area contributed by atoms with Crippen LogP contribution in [0.15, 0.2) is 0 Å². The molecule has 0 radical (unpaired) electrons. The van der Waals surface area contributed by atoms with Gasteiger partial charge in [0.1, 0.15) is 6.61 Å². The maximum absolute atomic E-state index is 10.4. The Morgan fingerprint density at radius 1 is 1.70 bits per heavy atom. The molecule has 0 heterocycles. The van der Waals surface area contributed by atoms with Crippen molar-refractivity contribution in [1.29, 1.82) is 0 Å². The normalized spacial score (nSPS) is 12.6. The SMILES string of the molecule is CCC(=O)OCCS(=O)O. The number of carbonyl (C=O) groups excluding carboxylic acids is 1. The lowest BCUT2D eigenvalue weighted by molar-refractivity contribution is -0.142. The predicted molar refractivity (Wildman–Crippen MR) is 36.9 cm³/mol. The van der Waals surface area contributed by atoms with Gasteiger partial charge in [-0.2, -0.15) is 0 Å². The van der Waals surface area contributed by atoms with Crippen LogP contribution in [0.1, 0.15) is 13.3 Å². The maximum atomic E-state index is 10.4. The first-order chi connectivity index (χ1) is 4.66. The molecule has 5 heteroatoms. The molecule has 0 aromatic heterocycles. The van der Waals surface area contributed by atoms with Gasteiger partial charge in [0.05, 0.1) is 5.75 Å². The number of carbonyl (C=O) groups is 1. The van der Waals surface area contributed by atoms with Crippen molar-refractivity contribution in [2.75, 3.05) is 12.4 Å². The maximum Gasteiger partial charge on any atom is 0.305 e. The summed E-state index contributed by atoms with van der Waals surface area (Å²) in [5, 5.41) is 0. The first-order valence-electron chi connectivity index (χ1n) is 2.90. The molecular formula is C5H10O4S. The highest BCUT2D eigenvalue weighted by Crippen LogP contribution is 1.84. The molecule has 1 N–H and O–H groups in total. The quantitative estimate of drug-likeness (QED) is 0.477. The van der Waals surface area contributed by atoms with Crippen LogP contribution in [0.4, 0.5) is 0 Å². The van der Waals surface area contributed by atoms with Crippen LogP contribution in [-0.2, 0) is 20.6 Å². The topological polar surface area (TPSA) is 63.6 Å². The number of esters is 1. The van der Waals surface area contributed by atoms with E-state index in [1.807, 2.05) is 0 Å². The molecule has 0 rings (SSSR count). The summed E-state index contributed by atoms with van der Waals surface area (Å²) >= 11 is -1.86. The summed E-state index contributed by atoms with van der Waals surface area (Å²) in [5.41, 5.74) is 0. The zero-order valence-corrected chi connectivity index (χ0v) is 6.52. The van der Waals surface area contributed by atoms with Gasteiger partial charge in [0, 0.05) is 6.42 Å². The average Bonchev–Trinajstić information content (AvgIpc) is 1.87. The lowest BCUT2D eigenvalue weighted by atomic mass is 10.5. The van der Waals surface area contributed by atoms with Crippen LogP contribution < -0.4 is 0 Å². The molecule has 0 spiro atoms. The number of ether oxygens (including phenoxy) is 1. The van der Waals surface area contributed by atoms with E-state index in [2.05, 4.69) is 4.74 Å². The first kappa shape index (κ1) is 9.58. The van der Waals surface area contributed by atoms with Crippen molar-refractivity contribution in [3.63, 3.8) is 0 Å². The van der Waals surface area contributed by atoms with Crippen molar-refractivity contribution >= 4 is 17.0 Å². The zero-order valence-electron chi connectivity index (χ0n) is 5.70. The fraction of sp³-hybridized carbons (Fsp3) is 0.800. The van der Waals surface area contributed by atoms with Gasteiger partial charge < -0.3 is 9.29 Å². The lowest BCUT2D eigenvalue weighted by Crippen LogP contribution is -2.09. The summed E-state index contributed by atoms with van der Waals surface area (Å²) in [7, 11) is 0. The van der Waals surface area contributed by atoms with Gasteiger partial charge in [0.15, 0.2) is 11.1 Å². The van der Waals surface area contributed by atoms with E-state index in [1.165, 1.54) is 0 Å². The third-order valence-electron chi connectivity index (χ3n) is 0.810. The molecule has 0 saturated heterocycles. The average molecular weight is 166 g/mol. The van der Waals surface area contributed by atoms with E-state index < -0.39 is 11.1 Å². The van der Waals surface area contributed by atoms with Gasteiger partial charge in [-0.1, -0.05) is 6.92 Å². The Morgan fingerprint density at radius 3 is 2.70 bits per heavy atom. The molecule has 0 aliphatic carbocycles. The van der Waals surface area contributed by atoms with Crippen molar-refractivity contribution < 1.29 is 18.3 Å². The molecule has 4 nitrogen and oxygen atoms in total. The minimum absolute atomic E-state index is 0.00819. The molecule has 0 aromatic carbocycles. The predicted octanol–water partition coefficient (Wildman–Crippen LogP) is 0.161. The van der Waals surface area contributed by atoms with E-state index >= 15 is 0 Å². The van der Waals surface area contributed by atoms with Crippen LogP contribution in [0.25, 0.3) is 0 Å².